The Morgan fingerprint density at radius 1 is 1.43 bits per heavy atom. The zero-order valence-electron chi connectivity index (χ0n) is 13.6. The fourth-order valence-electron chi connectivity index (χ4n) is 2.19. The third-order valence-corrected chi connectivity index (χ3v) is 3.68. The van der Waals surface area contributed by atoms with Crippen molar-refractivity contribution >= 4 is 29.2 Å². The molecule has 1 heterocycles. The van der Waals surface area contributed by atoms with Crippen LogP contribution in [0.25, 0.3) is 0 Å². The highest BCUT2D eigenvalue weighted by Gasteiger charge is 2.29. The van der Waals surface area contributed by atoms with Gasteiger partial charge >= 0.3 is 6.03 Å². The van der Waals surface area contributed by atoms with Crippen LogP contribution in [-0.4, -0.2) is 42.6 Å². The van der Waals surface area contributed by atoms with Crippen molar-refractivity contribution in [2.75, 3.05) is 25.0 Å². The number of carbonyl (C=O) groups excluding carboxylic acids is 2. The number of nitrogens with zero attached hydrogens (tertiary/aromatic N) is 1. The average Bonchev–Trinajstić information content (AvgIpc) is 2.91. The molecule has 2 N–H and O–H groups in total. The summed E-state index contributed by atoms with van der Waals surface area (Å²) >= 11 is 6.20. The average molecular weight is 340 g/mol. The van der Waals surface area contributed by atoms with E-state index in [1.807, 2.05) is 0 Å². The van der Waals surface area contributed by atoms with Gasteiger partial charge in [0.15, 0.2) is 0 Å². The van der Waals surface area contributed by atoms with Gasteiger partial charge in [-0.3, -0.25) is 9.69 Å². The van der Waals surface area contributed by atoms with Gasteiger partial charge in [-0.05, 0) is 31.0 Å². The molecule has 0 bridgehead atoms. The smallest absolute Gasteiger partial charge is 0.324 e. The van der Waals surface area contributed by atoms with Gasteiger partial charge in [-0.2, -0.15) is 0 Å². The number of carbonyl (C=O) groups is 2. The molecule has 6 nitrogen and oxygen atoms in total. The first-order valence-corrected chi connectivity index (χ1v) is 8.04. The molecular formula is C16H22ClN3O3. The number of urea groups is 1. The molecular weight excluding hydrogens is 318 g/mol. The highest BCUT2D eigenvalue weighted by molar-refractivity contribution is 6.32. The Morgan fingerprint density at radius 3 is 2.74 bits per heavy atom. The quantitative estimate of drug-likeness (QED) is 0.836. The molecule has 23 heavy (non-hydrogen) atoms. The number of amides is 3. The molecule has 0 radical (unpaired) electrons. The third kappa shape index (κ3) is 4.51. The number of nitrogens with one attached hydrogen (secondary N) is 2. The molecule has 7 heteroatoms. The molecule has 1 fully saturated rings. The summed E-state index contributed by atoms with van der Waals surface area (Å²) in [5.74, 6) is 0.758. The van der Waals surface area contributed by atoms with Crippen molar-refractivity contribution in [2.45, 2.75) is 26.8 Å². The van der Waals surface area contributed by atoms with Crippen LogP contribution < -0.4 is 15.4 Å². The molecule has 3 amide bonds. The molecule has 1 saturated heterocycles. The minimum Gasteiger partial charge on any atom is -0.492 e. The molecule has 1 aliphatic heterocycles. The Hall–Kier alpha value is -1.95. The Bertz CT molecular complexity index is 592. The number of hydrogen-bond acceptors (Lipinski definition) is 4. The van der Waals surface area contributed by atoms with Crippen molar-refractivity contribution in [3.8, 4) is 5.75 Å². The maximum Gasteiger partial charge on any atom is 0.324 e. The molecule has 0 unspecified atom stereocenters. The summed E-state index contributed by atoms with van der Waals surface area (Å²) in [4.78, 5) is 25.0. The van der Waals surface area contributed by atoms with E-state index in [0.717, 1.165) is 0 Å². The van der Waals surface area contributed by atoms with Crippen molar-refractivity contribution in [1.82, 2.24) is 10.2 Å². The van der Waals surface area contributed by atoms with Gasteiger partial charge < -0.3 is 15.4 Å². The Balaban J connectivity index is 1.98. The van der Waals surface area contributed by atoms with Crippen LogP contribution >= 0.6 is 11.6 Å². The van der Waals surface area contributed by atoms with Gasteiger partial charge in [0.25, 0.3) is 5.91 Å². The van der Waals surface area contributed by atoms with Gasteiger partial charge in [0, 0.05) is 18.8 Å². The van der Waals surface area contributed by atoms with Crippen molar-refractivity contribution < 1.29 is 14.3 Å². The number of halogens is 1. The first kappa shape index (κ1) is 17.4. The maximum absolute atomic E-state index is 12.2. The molecule has 1 aromatic carbocycles. The van der Waals surface area contributed by atoms with E-state index < -0.39 is 6.04 Å². The zero-order valence-corrected chi connectivity index (χ0v) is 14.3. The number of anilines is 1. The van der Waals surface area contributed by atoms with E-state index in [-0.39, 0.29) is 11.9 Å². The summed E-state index contributed by atoms with van der Waals surface area (Å²) in [6.07, 6.45) is 0. The lowest BCUT2D eigenvalue weighted by molar-refractivity contribution is -0.128. The van der Waals surface area contributed by atoms with Gasteiger partial charge in [0.1, 0.15) is 11.8 Å². The second-order valence-electron chi connectivity index (χ2n) is 5.94. The Morgan fingerprint density at radius 2 is 2.17 bits per heavy atom. The van der Waals surface area contributed by atoms with Gasteiger partial charge in [0.2, 0.25) is 0 Å². The van der Waals surface area contributed by atoms with E-state index in [2.05, 4.69) is 24.5 Å². The van der Waals surface area contributed by atoms with Crippen molar-refractivity contribution in [3.05, 3.63) is 23.2 Å². The van der Waals surface area contributed by atoms with E-state index in [9.17, 15) is 9.59 Å². The summed E-state index contributed by atoms with van der Waals surface area (Å²) in [5.41, 5.74) is 0.701. The van der Waals surface area contributed by atoms with E-state index in [1.165, 1.54) is 4.90 Å². The van der Waals surface area contributed by atoms with Gasteiger partial charge in [-0.15, -0.1) is 0 Å². The number of imide groups is 1. The standard InChI is InChI=1S/C16H22ClN3O3/c1-10(2)9-23-14-5-4-12(8-13(14)17)19-11(3)15(21)20-7-6-18-16(20)22/h4-5,8,10-11,19H,6-7,9H2,1-3H3,(H,18,22)/t11-/m1/s1. The molecule has 0 aromatic heterocycles. The van der Waals surface area contributed by atoms with E-state index in [0.29, 0.717) is 42.1 Å². The van der Waals surface area contributed by atoms with Crippen molar-refractivity contribution in [3.63, 3.8) is 0 Å². The van der Waals surface area contributed by atoms with Crippen LogP contribution in [-0.2, 0) is 4.79 Å². The SMILES string of the molecule is CC(C)COc1ccc(N[C@H](C)C(=O)N2CCNC2=O)cc1Cl. The van der Waals surface area contributed by atoms with Gasteiger partial charge in [-0.1, -0.05) is 25.4 Å². The van der Waals surface area contributed by atoms with E-state index in [1.54, 1.807) is 25.1 Å². The molecule has 1 atom stereocenters. The van der Waals surface area contributed by atoms with Crippen molar-refractivity contribution in [1.29, 1.82) is 0 Å². The third-order valence-electron chi connectivity index (χ3n) is 3.38. The topological polar surface area (TPSA) is 70.7 Å². The summed E-state index contributed by atoms with van der Waals surface area (Å²) < 4.78 is 5.61. The van der Waals surface area contributed by atoms with Gasteiger partial charge in [0.05, 0.1) is 11.6 Å². The summed E-state index contributed by atoms with van der Waals surface area (Å²) in [6.45, 7) is 7.31. The normalized spacial score (nSPS) is 15.5. The largest absolute Gasteiger partial charge is 0.492 e. The molecule has 126 valence electrons. The molecule has 0 aliphatic carbocycles. The molecule has 0 spiro atoms. The summed E-state index contributed by atoms with van der Waals surface area (Å²) in [6, 6.07) is 4.41. The van der Waals surface area contributed by atoms with Crippen LogP contribution in [0, 0.1) is 5.92 Å². The fourth-order valence-corrected chi connectivity index (χ4v) is 2.43. The Labute approximate surface area is 141 Å². The minimum atomic E-state index is -0.530. The van der Waals surface area contributed by atoms with Crippen LogP contribution in [0.1, 0.15) is 20.8 Å². The minimum absolute atomic E-state index is 0.267. The maximum atomic E-state index is 12.2. The number of benzene rings is 1. The second-order valence-corrected chi connectivity index (χ2v) is 6.35. The first-order valence-electron chi connectivity index (χ1n) is 7.66. The van der Waals surface area contributed by atoms with Crippen molar-refractivity contribution in [2.24, 2.45) is 5.92 Å². The molecule has 1 aliphatic rings. The number of hydrogen-bond donors (Lipinski definition) is 2. The highest BCUT2D eigenvalue weighted by atomic mass is 35.5. The molecule has 1 aromatic rings. The van der Waals surface area contributed by atoms with E-state index in [4.69, 9.17) is 16.3 Å². The fraction of sp³-hybridized carbons (Fsp3) is 0.500. The van der Waals surface area contributed by atoms with Gasteiger partial charge in [-0.25, -0.2) is 4.79 Å². The number of rotatable bonds is 6. The Kier molecular flexibility index (Phi) is 5.71. The highest BCUT2D eigenvalue weighted by Crippen LogP contribution is 2.28. The predicted octanol–water partition coefficient (Wildman–Crippen LogP) is 2.73. The monoisotopic (exact) mass is 339 g/mol. The molecule has 0 saturated carbocycles. The lowest BCUT2D eigenvalue weighted by atomic mass is 10.2. The zero-order chi connectivity index (χ0) is 17.0. The molecule has 2 rings (SSSR count). The summed E-state index contributed by atoms with van der Waals surface area (Å²) in [5, 5.41) is 6.15. The lowest BCUT2D eigenvalue weighted by Crippen LogP contribution is -2.43. The van der Waals surface area contributed by atoms with Crippen LogP contribution in [0.4, 0.5) is 10.5 Å². The first-order chi connectivity index (χ1) is 10.9. The lowest BCUT2D eigenvalue weighted by Gasteiger charge is -2.20. The number of ether oxygens (including phenoxy) is 1. The van der Waals surface area contributed by atoms with Crippen LogP contribution in [0.3, 0.4) is 0 Å². The van der Waals surface area contributed by atoms with Crippen LogP contribution in [0.5, 0.6) is 5.75 Å². The van der Waals surface area contributed by atoms with E-state index >= 15 is 0 Å². The predicted molar refractivity (Wildman–Crippen MR) is 90.0 cm³/mol. The van der Waals surface area contributed by atoms with Crippen LogP contribution in [0.2, 0.25) is 5.02 Å². The second kappa shape index (κ2) is 7.55. The van der Waals surface area contributed by atoms with Crippen LogP contribution in [0.15, 0.2) is 18.2 Å². The summed E-state index contributed by atoms with van der Waals surface area (Å²) in [7, 11) is 0.